The zero-order valence-corrected chi connectivity index (χ0v) is 17.4. The molecule has 3 aromatic rings. The van der Waals surface area contributed by atoms with E-state index in [1.807, 2.05) is 25.1 Å². The monoisotopic (exact) mass is 420 g/mol. The zero-order chi connectivity index (χ0) is 22.4. The molecule has 0 spiro atoms. The fourth-order valence-corrected chi connectivity index (χ4v) is 3.24. The number of aromatic hydroxyl groups is 1. The number of carboxylic acid groups (broad SMARTS) is 1. The number of phenolic OH excluding ortho intramolecular Hbond substituents is 1. The van der Waals surface area contributed by atoms with E-state index in [-0.39, 0.29) is 35.1 Å². The van der Waals surface area contributed by atoms with Crippen LogP contribution < -0.4 is 10.1 Å². The normalized spacial score (nSPS) is 10.5. The van der Waals surface area contributed by atoms with Crippen molar-refractivity contribution < 1.29 is 24.5 Å². The van der Waals surface area contributed by atoms with E-state index >= 15 is 0 Å². The minimum Gasteiger partial charge on any atom is -0.507 e. The summed E-state index contributed by atoms with van der Waals surface area (Å²) in [6.07, 6.45) is 2.90. The smallest absolute Gasteiger partial charge is 0.339 e. The van der Waals surface area contributed by atoms with Gasteiger partial charge in [-0.05, 0) is 55.3 Å². The van der Waals surface area contributed by atoms with Gasteiger partial charge in [-0.2, -0.15) is 0 Å². The van der Waals surface area contributed by atoms with Crippen LogP contribution in [0, 0.1) is 0 Å². The average Bonchev–Trinajstić information content (AvgIpc) is 2.74. The van der Waals surface area contributed by atoms with Crippen molar-refractivity contribution in [1.29, 1.82) is 0 Å². The van der Waals surface area contributed by atoms with Gasteiger partial charge in [0.15, 0.2) is 5.78 Å². The fourth-order valence-electron chi connectivity index (χ4n) is 3.24. The van der Waals surface area contributed by atoms with Crippen molar-refractivity contribution >= 4 is 23.3 Å². The Labute approximate surface area is 180 Å². The Balaban J connectivity index is 1.79. The highest BCUT2D eigenvalue weighted by atomic mass is 16.5. The number of aromatic carboxylic acids is 1. The Morgan fingerprint density at radius 1 is 1.10 bits per heavy atom. The fraction of sp³-hybridized carbons (Fsp3) is 0.208. The summed E-state index contributed by atoms with van der Waals surface area (Å²) in [6, 6.07) is 13.7. The number of ether oxygens (including phenoxy) is 1. The van der Waals surface area contributed by atoms with Crippen LogP contribution in [0.15, 0.2) is 54.7 Å². The van der Waals surface area contributed by atoms with Gasteiger partial charge in [-0.25, -0.2) is 9.78 Å². The molecule has 3 N–H and O–H groups in total. The summed E-state index contributed by atoms with van der Waals surface area (Å²) in [7, 11) is 0. The highest BCUT2D eigenvalue weighted by molar-refractivity contribution is 5.97. The number of aromatic nitrogens is 1. The second-order valence-corrected chi connectivity index (χ2v) is 7.06. The van der Waals surface area contributed by atoms with Crippen molar-refractivity contribution in [2.75, 3.05) is 5.32 Å². The molecule has 0 aliphatic heterocycles. The number of carbonyl (C=O) groups excluding carboxylic acids is 1. The first kappa shape index (κ1) is 21.8. The topological polar surface area (TPSA) is 109 Å². The Bertz CT molecular complexity index is 1110. The third-order valence-corrected chi connectivity index (χ3v) is 4.74. The van der Waals surface area contributed by atoms with Crippen LogP contribution >= 0.6 is 0 Å². The summed E-state index contributed by atoms with van der Waals surface area (Å²) >= 11 is 0. The lowest BCUT2D eigenvalue weighted by atomic mass is 10.0. The summed E-state index contributed by atoms with van der Waals surface area (Å²) in [5.74, 6) is -0.509. The van der Waals surface area contributed by atoms with Crippen LogP contribution in [0.4, 0.5) is 11.5 Å². The van der Waals surface area contributed by atoms with Gasteiger partial charge in [0.1, 0.15) is 29.5 Å². The molecule has 1 aromatic heterocycles. The van der Waals surface area contributed by atoms with Gasteiger partial charge in [0.05, 0.1) is 5.56 Å². The number of Topliss-reactive ketones (excluding diaryl/α,β-unsaturated/α-hetero) is 1. The number of pyridine rings is 1. The number of nitrogens with one attached hydrogen (secondary N) is 1. The molecule has 2 aromatic carbocycles. The molecule has 0 amide bonds. The van der Waals surface area contributed by atoms with Crippen LogP contribution in [-0.2, 0) is 13.0 Å². The largest absolute Gasteiger partial charge is 0.507 e. The van der Waals surface area contributed by atoms with Crippen molar-refractivity contribution in [3.05, 3.63) is 77.0 Å². The van der Waals surface area contributed by atoms with E-state index in [0.717, 1.165) is 12.0 Å². The number of phenols is 1. The molecular weight excluding hydrogens is 396 g/mol. The van der Waals surface area contributed by atoms with E-state index in [1.165, 1.54) is 19.2 Å². The molecule has 0 bridgehead atoms. The summed E-state index contributed by atoms with van der Waals surface area (Å²) in [5.41, 5.74) is 2.49. The van der Waals surface area contributed by atoms with Crippen LogP contribution in [0.3, 0.4) is 0 Å². The van der Waals surface area contributed by atoms with Gasteiger partial charge in [-0.1, -0.05) is 25.5 Å². The van der Waals surface area contributed by atoms with Crippen molar-refractivity contribution in [1.82, 2.24) is 4.98 Å². The summed E-state index contributed by atoms with van der Waals surface area (Å²) in [6.45, 7) is 3.64. The lowest BCUT2D eigenvalue weighted by Crippen LogP contribution is -2.05. The van der Waals surface area contributed by atoms with Crippen LogP contribution in [0.25, 0.3) is 0 Å². The van der Waals surface area contributed by atoms with Crippen LogP contribution in [-0.4, -0.2) is 26.9 Å². The Morgan fingerprint density at radius 3 is 2.61 bits per heavy atom. The van der Waals surface area contributed by atoms with Gasteiger partial charge in [-0.15, -0.1) is 0 Å². The van der Waals surface area contributed by atoms with E-state index in [2.05, 4.69) is 10.3 Å². The van der Waals surface area contributed by atoms with Gasteiger partial charge in [0, 0.05) is 17.4 Å². The standard InChI is InChI=1S/C24H24N2O5/c1-3-6-19-21(11-10-18(15(2)27)22(19)28)31-14-16-7-4-8-17(13-16)26-23-20(24(29)30)9-5-12-25-23/h4-5,7-13,28H,3,6,14H2,1-2H3,(H,25,26)(H,29,30). The maximum absolute atomic E-state index is 11.7. The molecule has 0 saturated heterocycles. The number of ketones is 1. The first-order valence-electron chi connectivity index (χ1n) is 9.93. The molecule has 1 heterocycles. The second kappa shape index (κ2) is 9.75. The Hall–Kier alpha value is -3.87. The van der Waals surface area contributed by atoms with Gasteiger partial charge in [0.25, 0.3) is 0 Å². The molecule has 0 atom stereocenters. The first-order valence-corrected chi connectivity index (χ1v) is 9.93. The molecule has 0 radical (unpaired) electrons. The van der Waals surface area contributed by atoms with E-state index < -0.39 is 5.97 Å². The molecule has 0 fully saturated rings. The quantitative estimate of drug-likeness (QED) is 0.420. The number of benzene rings is 2. The molecule has 0 unspecified atom stereocenters. The van der Waals surface area contributed by atoms with Gasteiger partial charge >= 0.3 is 5.97 Å². The number of carboxylic acids is 1. The molecular formula is C24H24N2O5. The van der Waals surface area contributed by atoms with E-state index in [9.17, 15) is 19.8 Å². The summed E-state index contributed by atoms with van der Waals surface area (Å²) in [4.78, 5) is 27.2. The Morgan fingerprint density at radius 2 is 1.90 bits per heavy atom. The average molecular weight is 420 g/mol. The highest BCUT2D eigenvalue weighted by Gasteiger charge is 2.16. The van der Waals surface area contributed by atoms with E-state index in [0.29, 0.717) is 23.4 Å². The molecule has 3 rings (SSSR count). The zero-order valence-electron chi connectivity index (χ0n) is 17.4. The lowest BCUT2D eigenvalue weighted by Gasteiger charge is -2.15. The number of rotatable bonds is 9. The third kappa shape index (κ3) is 5.19. The number of nitrogens with zero attached hydrogens (tertiary/aromatic N) is 1. The number of anilines is 2. The van der Waals surface area contributed by atoms with Crippen molar-refractivity contribution in [3.8, 4) is 11.5 Å². The molecule has 7 heteroatoms. The Kier molecular flexibility index (Phi) is 6.87. The molecule has 160 valence electrons. The van der Waals surface area contributed by atoms with Gasteiger partial charge in [-0.3, -0.25) is 4.79 Å². The van der Waals surface area contributed by atoms with E-state index in [4.69, 9.17) is 4.74 Å². The minimum absolute atomic E-state index is 0.0291. The van der Waals surface area contributed by atoms with Crippen LogP contribution in [0.5, 0.6) is 11.5 Å². The SMILES string of the molecule is CCCc1c(OCc2cccc(Nc3ncccc3C(=O)O)c2)ccc(C(C)=O)c1O. The van der Waals surface area contributed by atoms with Crippen molar-refractivity contribution in [2.24, 2.45) is 0 Å². The number of carbonyl (C=O) groups is 2. The third-order valence-electron chi connectivity index (χ3n) is 4.74. The maximum Gasteiger partial charge on any atom is 0.339 e. The maximum atomic E-state index is 11.7. The van der Waals surface area contributed by atoms with Crippen LogP contribution in [0.1, 0.15) is 52.1 Å². The molecule has 0 saturated carbocycles. The summed E-state index contributed by atoms with van der Waals surface area (Å²) in [5, 5.41) is 22.8. The molecule has 0 aliphatic carbocycles. The van der Waals surface area contributed by atoms with Gasteiger partial charge in [0.2, 0.25) is 0 Å². The first-order chi connectivity index (χ1) is 14.9. The molecule has 31 heavy (non-hydrogen) atoms. The molecule has 7 nitrogen and oxygen atoms in total. The predicted octanol–water partition coefficient (Wildman–Crippen LogP) is 4.96. The minimum atomic E-state index is -1.06. The van der Waals surface area contributed by atoms with Gasteiger partial charge < -0.3 is 20.3 Å². The lowest BCUT2D eigenvalue weighted by molar-refractivity contribution is 0.0697. The summed E-state index contributed by atoms with van der Waals surface area (Å²) < 4.78 is 5.95. The molecule has 0 aliphatic rings. The van der Waals surface area contributed by atoms with Crippen LogP contribution in [0.2, 0.25) is 0 Å². The number of hydrogen-bond acceptors (Lipinski definition) is 6. The van der Waals surface area contributed by atoms with Crippen molar-refractivity contribution in [2.45, 2.75) is 33.3 Å². The second-order valence-electron chi connectivity index (χ2n) is 7.06. The highest BCUT2D eigenvalue weighted by Crippen LogP contribution is 2.33. The van der Waals surface area contributed by atoms with Crippen molar-refractivity contribution in [3.63, 3.8) is 0 Å². The predicted molar refractivity (Wildman–Crippen MR) is 117 cm³/mol. The van der Waals surface area contributed by atoms with E-state index in [1.54, 1.807) is 24.3 Å². The number of hydrogen-bond donors (Lipinski definition) is 3.